The van der Waals surface area contributed by atoms with Crippen molar-refractivity contribution in [1.82, 2.24) is 0 Å². The van der Waals surface area contributed by atoms with Crippen LogP contribution in [0.3, 0.4) is 0 Å². The highest BCUT2D eigenvalue weighted by atomic mass is 31.2. The molecular formula is C62H107O11P. The summed E-state index contributed by atoms with van der Waals surface area (Å²) in [4.78, 5) is 48.5. The number of ether oxygens (including phenoxy) is 3. The van der Waals surface area contributed by atoms with Crippen LogP contribution < -0.4 is 0 Å². The fourth-order valence-electron chi connectivity index (χ4n) is 7.77. The van der Waals surface area contributed by atoms with Gasteiger partial charge in [-0.15, -0.1) is 0 Å². The number of carbonyl (C=O) groups is 3. The number of aliphatic hydroxyl groups excluding tert-OH is 1. The molecule has 3 unspecified atom stereocenters. The van der Waals surface area contributed by atoms with Crippen molar-refractivity contribution in [3.8, 4) is 0 Å². The second kappa shape index (κ2) is 55.9. The van der Waals surface area contributed by atoms with E-state index < -0.39 is 57.8 Å². The largest absolute Gasteiger partial charge is 0.472 e. The number of unbranched alkanes of at least 4 members (excludes halogenated alkanes) is 23. The van der Waals surface area contributed by atoms with E-state index in [2.05, 4.69) is 106 Å². The predicted octanol–water partition coefficient (Wildman–Crippen LogP) is 17.5. The Labute approximate surface area is 451 Å². The van der Waals surface area contributed by atoms with Gasteiger partial charge < -0.3 is 24.2 Å². The minimum absolute atomic E-state index is 0.147. The Morgan fingerprint density at radius 1 is 0.392 bits per heavy atom. The molecule has 0 rings (SSSR count). The number of hydrogen-bond donors (Lipinski definition) is 2. The highest BCUT2D eigenvalue weighted by Gasteiger charge is 2.28. The first-order valence-corrected chi connectivity index (χ1v) is 31.0. The molecule has 0 aromatic carbocycles. The number of phosphoric acid groups is 1. The van der Waals surface area contributed by atoms with E-state index in [0.717, 1.165) is 141 Å². The second-order valence-electron chi connectivity index (χ2n) is 19.4. The first-order valence-electron chi connectivity index (χ1n) is 29.5. The zero-order chi connectivity index (χ0) is 54.1. The van der Waals surface area contributed by atoms with E-state index in [-0.39, 0.29) is 25.9 Å². The molecule has 0 aromatic heterocycles. The van der Waals surface area contributed by atoms with Crippen LogP contribution in [0.2, 0.25) is 0 Å². The Balaban J connectivity index is 4.70. The molecule has 0 heterocycles. The van der Waals surface area contributed by atoms with Gasteiger partial charge in [0.25, 0.3) is 0 Å². The molecule has 0 aromatic rings. The number of rotatable bonds is 54. The molecular weight excluding hydrogens is 952 g/mol. The minimum atomic E-state index is -4.76. The number of carbonyl (C=O) groups excluding carboxylic acids is 3. The maximum Gasteiger partial charge on any atom is 0.472 e. The van der Waals surface area contributed by atoms with E-state index in [1.54, 1.807) is 0 Å². The van der Waals surface area contributed by atoms with Gasteiger partial charge in [-0.25, -0.2) is 4.57 Å². The maximum absolute atomic E-state index is 12.9. The summed E-state index contributed by atoms with van der Waals surface area (Å²) >= 11 is 0. The molecule has 0 saturated carbocycles. The fraction of sp³-hybridized carbons (Fsp3) is 0.726. The van der Waals surface area contributed by atoms with Gasteiger partial charge in [0.15, 0.2) is 6.10 Å². The molecule has 0 amide bonds. The van der Waals surface area contributed by atoms with Crippen LogP contribution in [0.4, 0.5) is 0 Å². The average molecular weight is 1060 g/mol. The summed E-state index contributed by atoms with van der Waals surface area (Å²) in [5.41, 5.74) is 0. The zero-order valence-corrected chi connectivity index (χ0v) is 47.9. The third-order valence-electron chi connectivity index (χ3n) is 12.3. The van der Waals surface area contributed by atoms with E-state index in [1.807, 2.05) is 0 Å². The minimum Gasteiger partial charge on any atom is -0.462 e. The molecule has 3 atom stereocenters. The molecule has 0 bridgehead atoms. The van der Waals surface area contributed by atoms with Crippen LogP contribution in [-0.4, -0.2) is 66.5 Å². The van der Waals surface area contributed by atoms with Crippen molar-refractivity contribution in [2.24, 2.45) is 0 Å². The second-order valence-corrected chi connectivity index (χ2v) is 20.9. The topological polar surface area (TPSA) is 155 Å². The van der Waals surface area contributed by atoms with E-state index >= 15 is 0 Å². The van der Waals surface area contributed by atoms with Gasteiger partial charge >= 0.3 is 25.7 Å². The highest BCUT2D eigenvalue weighted by Crippen LogP contribution is 2.43. The van der Waals surface area contributed by atoms with Crippen molar-refractivity contribution >= 4 is 25.7 Å². The van der Waals surface area contributed by atoms with Crippen molar-refractivity contribution in [3.63, 3.8) is 0 Å². The van der Waals surface area contributed by atoms with E-state index in [1.165, 1.54) is 51.4 Å². The number of allylic oxidation sites excluding steroid dienone is 14. The Morgan fingerprint density at radius 2 is 0.716 bits per heavy atom. The van der Waals surface area contributed by atoms with E-state index in [9.17, 15) is 28.9 Å². The zero-order valence-electron chi connectivity index (χ0n) is 47.0. The van der Waals surface area contributed by atoms with Gasteiger partial charge in [-0.1, -0.05) is 209 Å². The van der Waals surface area contributed by atoms with Gasteiger partial charge in [-0.05, 0) is 109 Å². The standard InChI is InChI=1S/C62H107O11P/c1-4-7-10-13-16-19-22-24-26-28-29-31-33-35-38-41-44-47-50-53-62(66)73-59(55-69-60(64)51-48-45-42-39-36-21-18-15-12-9-6-3)57-71-74(67,68)70-56-58(54-63)72-61(65)52-49-46-43-40-37-34-32-30-27-25-23-20-17-14-11-8-5-2/h7,10,15-20,24-27,29,31,58-59,63H,4-6,8-9,11-14,21-23,28,30,32-57H2,1-3H3,(H,67,68)/b10-7-,18-15-,19-16-,20-17-,26-24-,27-25-,31-29-. The smallest absolute Gasteiger partial charge is 0.462 e. The molecule has 11 nitrogen and oxygen atoms in total. The molecule has 0 aliphatic heterocycles. The summed E-state index contributed by atoms with van der Waals surface area (Å²) < 4.78 is 39.5. The molecule has 0 aliphatic rings. The van der Waals surface area contributed by atoms with Gasteiger partial charge in [-0.2, -0.15) is 0 Å². The van der Waals surface area contributed by atoms with Crippen molar-refractivity contribution in [2.75, 3.05) is 26.4 Å². The Morgan fingerprint density at radius 3 is 1.14 bits per heavy atom. The van der Waals surface area contributed by atoms with E-state index in [0.29, 0.717) is 19.3 Å². The number of hydrogen-bond acceptors (Lipinski definition) is 10. The van der Waals surface area contributed by atoms with Crippen LogP contribution >= 0.6 is 7.82 Å². The van der Waals surface area contributed by atoms with Crippen molar-refractivity contribution in [2.45, 2.75) is 264 Å². The normalized spacial score (nSPS) is 14.0. The van der Waals surface area contributed by atoms with Crippen LogP contribution in [0, 0.1) is 0 Å². The third-order valence-corrected chi connectivity index (χ3v) is 13.2. The quantitative estimate of drug-likeness (QED) is 0.0197. The average Bonchev–Trinajstić information content (AvgIpc) is 3.39. The van der Waals surface area contributed by atoms with Crippen LogP contribution in [0.1, 0.15) is 252 Å². The van der Waals surface area contributed by atoms with Crippen LogP contribution in [0.15, 0.2) is 85.1 Å². The molecule has 0 fully saturated rings. The Hall–Kier alpha value is -3.34. The lowest BCUT2D eigenvalue weighted by molar-refractivity contribution is -0.161. The summed E-state index contributed by atoms with van der Waals surface area (Å²) in [5.74, 6) is -1.50. The van der Waals surface area contributed by atoms with Gasteiger partial charge in [0.1, 0.15) is 12.7 Å². The molecule has 2 N–H and O–H groups in total. The predicted molar refractivity (Wildman–Crippen MR) is 307 cm³/mol. The third kappa shape index (κ3) is 53.5. The fourth-order valence-corrected chi connectivity index (χ4v) is 8.55. The summed E-state index contributed by atoms with van der Waals surface area (Å²) in [6, 6.07) is 0. The first-order chi connectivity index (χ1) is 36.2. The highest BCUT2D eigenvalue weighted by molar-refractivity contribution is 7.47. The van der Waals surface area contributed by atoms with Gasteiger partial charge in [0.05, 0.1) is 19.8 Å². The lowest BCUT2D eigenvalue weighted by Gasteiger charge is -2.21. The maximum atomic E-state index is 12.9. The Kier molecular flexibility index (Phi) is 53.4. The molecule has 0 saturated heterocycles. The molecule has 0 spiro atoms. The van der Waals surface area contributed by atoms with Crippen LogP contribution in [0.25, 0.3) is 0 Å². The monoisotopic (exact) mass is 1060 g/mol. The summed E-state index contributed by atoms with van der Waals surface area (Å²) in [7, 11) is -4.76. The van der Waals surface area contributed by atoms with Gasteiger partial charge in [-0.3, -0.25) is 23.4 Å². The summed E-state index contributed by atoms with van der Waals surface area (Å²) in [6.45, 7) is 4.44. The van der Waals surface area contributed by atoms with Crippen molar-refractivity contribution in [3.05, 3.63) is 85.1 Å². The molecule has 12 heteroatoms. The van der Waals surface area contributed by atoms with Crippen molar-refractivity contribution < 1.29 is 52.2 Å². The summed E-state index contributed by atoms with van der Waals surface area (Å²) in [6.07, 6.45) is 63.9. The molecule has 74 heavy (non-hydrogen) atoms. The number of esters is 3. The first kappa shape index (κ1) is 70.7. The SMILES string of the molecule is CC/C=C\C/C=C\C/C=C\C/C=C\CCCCCCCCC(=O)OC(COC(=O)CCCCCCC/C=C\CCCC)COP(=O)(O)OCC(CO)OC(=O)CCCCCCCCC/C=C\C/C=C\CCCCC. The number of aliphatic hydroxyl groups is 1. The van der Waals surface area contributed by atoms with Gasteiger partial charge in [0, 0.05) is 19.3 Å². The Bertz CT molecular complexity index is 1560. The van der Waals surface area contributed by atoms with Crippen molar-refractivity contribution in [1.29, 1.82) is 0 Å². The lowest BCUT2D eigenvalue weighted by Crippen LogP contribution is -2.30. The molecule has 426 valence electrons. The van der Waals surface area contributed by atoms with Crippen LogP contribution in [0.5, 0.6) is 0 Å². The molecule has 0 aliphatic carbocycles. The summed E-state index contributed by atoms with van der Waals surface area (Å²) in [5, 5.41) is 9.82. The lowest BCUT2D eigenvalue weighted by atomic mass is 10.1. The van der Waals surface area contributed by atoms with Gasteiger partial charge in [0.2, 0.25) is 0 Å². The van der Waals surface area contributed by atoms with E-state index in [4.69, 9.17) is 23.3 Å². The van der Waals surface area contributed by atoms with Crippen LogP contribution in [-0.2, 0) is 42.2 Å². The molecule has 0 radical (unpaired) electrons. The number of phosphoric ester groups is 1.